The quantitative estimate of drug-likeness (QED) is 0.349. The van der Waals surface area contributed by atoms with E-state index in [0.29, 0.717) is 15.5 Å². The number of hydrogen-bond acceptors (Lipinski definition) is 6. The first-order chi connectivity index (χ1) is 11.8. The van der Waals surface area contributed by atoms with E-state index in [9.17, 15) is 9.90 Å². The van der Waals surface area contributed by atoms with Gasteiger partial charge < -0.3 is 14.4 Å². The lowest BCUT2D eigenvalue weighted by molar-refractivity contribution is 0.0511. The van der Waals surface area contributed by atoms with E-state index < -0.39 is 12.1 Å². The molecule has 0 amide bonds. The number of hydroxylamine groups is 1. The van der Waals surface area contributed by atoms with Crippen molar-refractivity contribution >= 4 is 33.5 Å². The summed E-state index contributed by atoms with van der Waals surface area (Å²) in [5, 5.41) is 11.0. The molecule has 1 heterocycles. The summed E-state index contributed by atoms with van der Waals surface area (Å²) < 4.78 is 7.26. The molecular formula is C16H23BrClN3O4. The number of aromatic nitrogens is 2. The van der Waals surface area contributed by atoms with Crippen LogP contribution in [0.5, 0.6) is 0 Å². The van der Waals surface area contributed by atoms with Gasteiger partial charge >= 0.3 is 5.97 Å². The lowest BCUT2D eigenvalue weighted by Crippen LogP contribution is -2.15. The maximum absolute atomic E-state index is 12.2. The Kier molecular flexibility index (Phi) is 9.20. The van der Waals surface area contributed by atoms with Gasteiger partial charge in [0.05, 0.1) is 30.5 Å². The predicted molar refractivity (Wildman–Crippen MR) is 99.1 cm³/mol. The first-order valence-electron chi connectivity index (χ1n) is 7.76. The molecule has 1 aromatic heterocycles. The summed E-state index contributed by atoms with van der Waals surface area (Å²) >= 11 is 9.29. The maximum atomic E-state index is 12.2. The summed E-state index contributed by atoms with van der Waals surface area (Å²) in [6.45, 7) is 5.81. The highest BCUT2D eigenvalue weighted by molar-refractivity contribution is 9.10. The van der Waals surface area contributed by atoms with Crippen molar-refractivity contribution in [2.45, 2.75) is 39.3 Å². The molecule has 140 valence electrons. The zero-order chi connectivity index (χ0) is 19.0. The molecule has 2 N–H and O–H groups in total. The van der Waals surface area contributed by atoms with E-state index in [-0.39, 0.29) is 24.8 Å². The average Bonchev–Trinajstić information content (AvgIpc) is 2.90. The molecular weight excluding hydrogens is 414 g/mol. The van der Waals surface area contributed by atoms with Crippen LogP contribution >= 0.6 is 27.5 Å². The van der Waals surface area contributed by atoms with Crippen molar-refractivity contribution in [1.29, 1.82) is 0 Å². The molecule has 0 aromatic carbocycles. The number of ether oxygens (including phenoxy) is 1. The number of rotatable bonds is 9. The zero-order valence-electron chi connectivity index (χ0n) is 14.6. The number of esters is 1. The molecule has 1 atom stereocenters. The van der Waals surface area contributed by atoms with Gasteiger partial charge in [0.2, 0.25) is 0 Å². The molecule has 0 bridgehead atoms. The summed E-state index contributed by atoms with van der Waals surface area (Å²) in [6.07, 6.45) is 4.07. The molecule has 25 heavy (non-hydrogen) atoms. The Morgan fingerprint density at radius 3 is 2.76 bits per heavy atom. The van der Waals surface area contributed by atoms with Gasteiger partial charge in [-0.25, -0.2) is 9.78 Å². The molecule has 1 rings (SSSR count). The maximum Gasteiger partial charge on any atom is 0.358 e. The van der Waals surface area contributed by atoms with Crippen molar-refractivity contribution in [3.05, 3.63) is 39.5 Å². The molecule has 0 saturated heterocycles. The highest BCUT2D eigenvalue weighted by Crippen LogP contribution is 2.29. The monoisotopic (exact) mass is 435 g/mol. The van der Waals surface area contributed by atoms with Gasteiger partial charge in [-0.15, -0.1) is 0 Å². The third-order valence-electron chi connectivity index (χ3n) is 3.16. The Morgan fingerprint density at radius 1 is 1.52 bits per heavy atom. The minimum Gasteiger partial charge on any atom is -0.461 e. The number of carbonyl (C=O) groups excluding carboxylic acids is 1. The van der Waals surface area contributed by atoms with Crippen molar-refractivity contribution in [3.8, 4) is 0 Å². The number of nitrogens with zero attached hydrogens (tertiary/aromatic N) is 2. The average molecular weight is 437 g/mol. The minimum atomic E-state index is -0.947. The fraction of sp³-hybridized carbons (Fsp3) is 0.500. The summed E-state index contributed by atoms with van der Waals surface area (Å²) in [5.74, 6) is -0.567. The molecule has 0 fully saturated rings. The molecule has 9 heteroatoms. The fourth-order valence-electron chi connectivity index (χ4n) is 2.16. The number of aliphatic hydroxyl groups excluding tert-OH is 1. The predicted octanol–water partition coefficient (Wildman–Crippen LogP) is 3.61. The number of imidazole rings is 1. The Labute approximate surface area is 160 Å². The van der Waals surface area contributed by atoms with Crippen LogP contribution in [0.3, 0.4) is 0 Å². The first-order valence-corrected chi connectivity index (χ1v) is 8.94. The smallest absolute Gasteiger partial charge is 0.358 e. The number of hydrogen-bond donors (Lipinski definition) is 2. The zero-order valence-corrected chi connectivity index (χ0v) is 17.0. The third-order valence-corrected chi connectivity index (χ3v) is 3.95. The van der Waals surface area contributed by atoms with Crippen molar-refractivity contribution in [3.63, 3.8) is 0 Å². The first kappa shape index (κ1) is 21.7. The molecule has 7 nitrogen and oxygen atoms in total. The largest absolute Gasteiger partial charge is 0.461 e. The highest BCUT2D eigenvalue weighted by Gasteiger charge is 2.28. The van der Waals surface area contributed by atoms with Crippen LogP contribution in [-0.4, -0.2) is 34.3 Å². The Balaban J connectivity index is 3.08. The van der Waals surface area contributed by atoms with Crippen molar-refractivity contribution in [2.24, 2.45) is 0 Å². The van der Waals surface area contributed by atoms with E-state index >= 15 is 0 Å². The van der Waals surface area contributed by atoms with Gasteiger partial charge in [-0.05, 0) is 49.2 Å². The van der Waals surface area contributed by atoms with Gasteiger partial charge in [-0.2, -0.15) is 0 Å². The molecule has 1 unspecified atom stereocenters. The highest BCUT2D eigenvalue weighted by atomic mass is 79.9. The second kappa shape index (κ2) is 10.6. The SMILES string of the molecule is CCOC(=O)c1nc(Br)n(C(C)C)c1C(O)C/C=C\C(Cl)=C/NOC. The van der Waals surface area contributed by atoms with E-state index in [4.69, 9.17) is 16.3 Å². The van der Waals surface area contributed by atoms with Crippen LogP contribution < -0.4 is 5.48 Å². The fourth-order valence-corrected chi connectivity index (χ4v) is 3.07. The van der Waals surface area contributed by atoms with Crippen molar-refractivity contribution < 1.29 is 19.5 Å². The van der Waals surface area contributed by atoms with Crippen LogP contribution in [0.2, 0.25) is 0 Å². The van der Waals surface area contributed by atoms with Crippen LogP contribution in [0, 0.1) is 0 Å². The number of carbonyl (C=O) groups is 1. The van der Waals surface area contributed by atoms with E-state index in [1.807, 2.05) is 13.8 Å². The van der Waals surface area contributed by atoms with E-state index in [2.05, 4.69) is 31.2 Å². The number of aliphatic hydroxyl groups is 1. The molecule has 1 aromatic rings. The Hall–Kier alpha value is -1.35. The number of nitrogens with one attached hydrogen (secondary N) is 1. The van der Waals surface area contributed by atoms with Gasteiger partial charge in [0.25, 0.3) is 0 Å². The van der Waals surface area contributed by atoms with E-state index in [0.717, 1.165) is 0 Å². The lowest BCUT2D eigenvalue weighted by Gasteiger charge is -2.17. The van der Waals surface area contributed by atoms with Gasteiger partial charge in [0, 0.05) is 12.2 Å². The minimum absolute atomic E-state index is 0.00642. The molecule has 0 spiro atoms. The number of halogens is 2. The molecule has 0 aliphatic carbocycles. The summed E-state index contributed by atoms with van der Waals surface area (Å²) in [7, 11) is 1.47. The summed E-state index contributed by atoms with van der Waals surface area (Å²) in [5.41, 5.74) is 3.00. The Morgan fingerprint density at radius 2 is 2.20 bits per heavy atom. The Bertz CT molecular complexity index is 644. The van der Waals surface area contributed by atoms with Gasteiger partial charge in [-0.1, -0.05) is 17.7 Å². The van der Waals surface area contributed by atoms with E-state index in [1.54, 1.807) is 23.6 Å². The standard InChI is InChI=1S/C16H23BrClN3O4/c1-5-25-15(23)13-14(21(10(2)3)16(17)20-13)12(22)8-6-7-11(18)9-19-24-4/h6-7,9-10,12,19,22H,5,8H2,1-4H3/b7-6-,11-9+. The summed E-state index contributed by atoms with van der Waals surface area (Å²) in [6, 6.07) is -0.00642. The van der Waals surface area contributed by atoms with Crippen LogP contribution in [-0.2, 0) is 9.57 Å². The van der Waals surface area contributed by atoms with Crippen molar-refractivity contribution in [1.82, 2.24) is 15.0 Å². The van der Waals surface area contributed by atoms with Crippen LogP contribution in [0.1, 0.15) is 55.5 Å². The second-order valence-corrected chi connectivity index (χ2v) is 6.45. The molecule has 0 saturated carbocycles. The number of allylic oxidation sites excluding steroid dienone is 2. The van der Waals surface area contributed by atoms with Crippen LogP contribution in [0.4, 0.5) is 0 Å². The molecule has 0 aliphatic rings. The third kappa shape index (κ3) is 6.14. The van der Waals surface area contributed by atoms with Crippen molar-refractivity contribution in [2.75, 3.05) is 13.7 Å². The molecule has 0 radical (unpaired) electrons. The molecule has 0 aliphatic heterocycles. The van der Waals surface area contributed by atoms with Crippen LogP contribution in [0.25, 0.3) is 0 Å². The second-order valence-electron chi connectivity index (χ2n) is 5.30. The van der Waals surface area contributed by atoms with Gasteiger partial charge in [-0.3, -0.25) is 10.3 Å². The topological polar surface area (TPSA) is 85.6 Å². The summed E-state index contributed by atoms with van der Waals surface area (Å²) in [4.78, 5) is 21.0. The van der Waals surface area contributed by atoms with E-state index in [1.165, 1.54) is 13.3 Å². The van der Waals surface area contributed by atoms with Gasteiger partial charge in [0.1, 0.15) is 0 Å². The van der Waals surface area contributed by atoms with Crippen LogP contribution in [0.15, 0.2) is 28.1 Å². The lowest BCUT2D eigenvalue weighted by atomic mass is 10.1. The normalized spacial score (nSPS) is 13.5. The van der Waals surface area contributed by atoms with Gasteiger partial charge in [0.15, 0.2) is 10.4 Å².